The number of nitrogens with zero attached hydrogens (tertiary/aromatic N) is 2. The van der Waals surface area contributed by atoms with E-state index < -0.39 is 0 Å². The molecule has 1 aliphatic heterocycles. The van der Waals surface area contributed by atoms with Gasteiger partial charge in [0.1, 0.15) is 0 Å². The van der Waals surface area contributed by atoms with E-state index in [-0.39, 0.29) is 11.9 Å². The molecular weight excluding hydrogens is 350 g/mol. The maximum atomic E-state index is 12.3. The molecule has 2 heterocycles. The maximum Gasteiger partial charge on any atom is 0.223 e. The number of fused-ring (bicyclic) bond motifs is 1. The van der Waals surface area contributed by atoms with Crippen molar-refractivity contribution in [2.75, 3.05) is 13.1 Å². The van der Waals surface area contributed by atoms with E-state index in [9.17, 15) is 4.79 Å². The summed E-state index contributed by atoms with van der Waals surface area (Å²) in [6, 6.07) is 6.34. The van der Waals surface area contributed by atoms with Gasteiger partial charge in [0.05, 0.1) is 15.2 Å². The Labute approximate surface area is 136 Å². The SMILES string of the molecule is NCC1CCCN1C(=O)CCc1nc2cc(Br)ccc2s1. The summed E-state index contributed by atoms with van der Waals surface area (Å²) >= 11 is 5.12. The fourth-order valence-corrected chi connectivity index (χ4v) is 4.12. The second-order valence-corrected chi connectivity index (χ2v) is 7.37. The highest BCUT2D eigenvalue weighted by atomic mass is 79.9. The van der Waals surface area contributed by atoms with Gasteiger partial charge in [0.25, 0.3) is 0 Å². The second kappa shape index (κ2) is 6.42. The summed E-state index contributed by atoms with van der Waals surface area (Å²) in [7, 11) is 0. The Morgan fingerprint density at radius 3 is 3.19 bits per heavy atom. The standard InChI is InChI=1S/C15H18BrN3OS/c16-10-3-4-13-12(8-10)18-14(21-13)5-6-15(20)19-7-1-2-11(19)9-17/h3-4,8,11H,1-2,5-7,9,17H2. The van der Waals surface area contributed by atoms with Crippen LogP contribution in [-0.4, -0.2) is 34.9 Å². The molecule has 1 aromatic heterocycles. The van der Waals surface area contributed by atoms with Crippen molar-refractivity contribution in [3.8, 4) is 0 Å². The molecule has 21 heavy (non-hydrogen) atoms. The van der Waals surface area contributed by atoms with E-state index in [4.69, 9.17) is 5.73 Å². The fourth-order valence-electron chi connectivity index (χ4n) is 2.82. The summed E-state index contributed by atoms with van der Waals surface area (Å²) in [4.78, 5) is 18.8. The van der Waals surface area contributed by atoms with Crippen LogP contribution < -0.4 is 5.73 Å². The Morgan fingerprint density at radius 1 is 1.52 bits per heavy atom. The molecule has 0 spiro atoms. The first kappa shape index (κ1) is 14.9. The fraction of sp³-hybridized carbons (Fsp3) is 0.467. The van der Waals surface area contributed by atoms with E-state index >= 15 is 0 Å². The first-order chi connectivity index (χ1) is 10.2. The predicted octanol–water partition coefficient (Wildman–Crippen LogP) is 2.94. The Kier molecular flexibility index (Phi) is 4.57. The van der Waals surface area contributed by atoms with Gasteiger partial charge in [-0.1, -0.05) is 15.9 Å². The molecule has 112 valence electrons. The minimum atomic E-state index is 0.211. The van der Waals surface area contributed by atoms with Crippen LogP contribution in [0.25, 0.3) is 10.2 Å². The van der Waals surface area contributed by atoms with Crippen LogP contribution >= 0.6 is 27.3 Å². The van der Waals surface area contributed by atoms with Gasteiger partial charge >= 0.3 is 0 Å². The topological polar surface area (TPSA) is 59.2 Å². The molecule has 1 saturated heterocycles. The lowest BCUT2D eigenvalue weighted by molar-refractivity contribution is -0.131. The molecule has 0 bridgehead atoms. The van der Waals surface area contributed by atoms with E-state index in [1.165, 1.54) is 4.70 Å². The summed E-state index contributed by atoms with van der Waals surface area (Å²) in [5, 5.41) is 1.03. The van der Waals surface area contributed by atoms with Gasteiger partial charge in [-0.25, -0.2) is 4.98 Å². The third kappa shape index (κ3) is 3.27. The molecule has 0 aliphatic carbocycles. The first-order valence-electron chi connectivity index (χ1n) is 7.22. The lowest BCUT2D eigenvalue weighted by Crippen LogP contribution is -2.39. The molecule has 1 aromatic carbocycles. The summed E-state index contributed by atoms with van der Waals surface area (Å²) in [6.45, 7) is 1.42. The van der Waals surface area contributed by atoms with Gasteiger partial charge < -0.3 is 10.6 Å². The van der Waals surface area contributed by atoms with Gasteiger partial charge in [0.2, 0.25) is 5.91 Å². The highest BCUT2D eigenvalue weighted by molar-refractivity contribution is 9.10. The number of halogens is 1. The van der Waals surface area contributed by atoms with Gasteiger partial charge in [0, 0.05) is 36.4 Å². The molecule has 3 rings (SSSR count). The van der Waals surface area contributed by atoms with Crippen molar-refractivity contribution in [1.82, 2.24) is 9.88 Å². The molecule has 1 aliphatic rings. The van der Waals surface area contributed by atoms with E-state index in [1.807, 2.05) is 17.0 Å². The highest BCUT2D eigenvalue weighted by Crippen LogP contribution is 2.26. The molecule has 1 fully saturated rings. The number of rotatable bonds is 4. The van der Waals surface area contributed by atoms with Crippen LogP contribution in [0.4, 0.5) is 0 Å². The molecule has 1 unspecified atom stereocenters. The number of likely N-dealkylation sites (tertiary alicyclic amines) is 1. The zero-order valence-corrected chi connectivity index (χ0v) is 14.1. The number of carbonyl (C=O) groups excluding carboxylic acids is 1. The lowest BCUT2D eigenvalue weighted by atomic mass is 10.2. The molecular formula is C15H18BrN3OS. The van der Waals surface area contributed by atoms with E-state index in [1.54, 1.807) is 11.3 Å². The third-order valence-electron chi connectivity index (χ3n) is 3.92. The van der Waals surface area contributed by atoms with Crippen molar-refractivity contribution in [1.29, 1.82) is 0 Å². The maximum absolute atomic E-state index is 12.3. The van der Waals surface area contributed by atoms with Crippen molar-refractivity contribution in [3.63, 3.8) is 0 Å². The second-order valence-electron chi connectivity index (χ2n) is 5.34. The third-order valence-corrected chi connectivity index (χ3v) is 5.51. The first-order valence-corrected chi connectivity index (χ1v) is 8.83. The van der Waals surface area contributed by atoms with Gasteiger partial charge in [-0.05, 0) is 31.0 Å². The Bertz CT molecular complexity index is 657. The Balaban J connectivity index is 1.64. The smallest absolute Gasteiger partial charge is 0.223 e. The average molecular weight is 368 g/mol. The van der Waals surface area contributed by atoms with Gasteiger partial charge in [-0.15, -0.1) is 11.3 Å². The van der Waals surface area contributed by atoms with Gasteiger partial charge in [-0.2, -0.15) is 0 Å². The molecule has 6 heteroatoms. The molecule has 4 nitrogen and oxygen atoms in total. The quantitative estimate of drug-likeness (QED) is 0.903. The molecule has 0 radical (unpaired) electrons. The van der Waals surface area contributed by atoms with Gasteiger partial charge in [0.15, 0.2) is 0 Å². The van der Waals surface area contributed by atoms with Crippen LogP contribution in [0.15, 0.2) is 22.7 Å². The molecule has 1 amide bonds. The number of aromatic nitrogens is 1. The number of aryl methyl sites for hydroxylation is 1. The monoisotopic (exact) mass is 367 g/mol. The van der Waals surface area contributed by atoms with Crippen molar-refractivity contribution >= 4 is 43.4 Å². The summed E-state index contributed by atoms with van der Waals surface area (Å²) in [5.74, 6) is 0.211. The van der Waals surface area contributed by atoms with Crippen LogP contribution in [0, 0.1) is 0 Å². The number of thiazole rings is 1. The summed E-state index contributed by atoms with van der Waals surface area (Å²) in [6.07, 6.45) is 3.35. The minimum absolute atomic E-state index is 0.211. The highest BCUT2D eigenvalue weighted by Gasteiger charge is 2.27. The number of hydrogen-bond donors (Lipinski definition) is 1. The largest absolute Gasteiger partial charge is 0.338 e. The molecule has 2 N–H and O–H groups in total. The average Bonchev–Trinajstić information content (AvgIpc) is 3.10. The molecule has 1 atom stereocenters. The minimum Gasteiger partial charge on any atom is -0.338 e. The number of benzene rings is 1. The molecule has 2 aromatic rings. The van der Waals surface area contributed by atoms with Gasteiger partial charge in [-0.3, -0.25) is 4.79 Å². The Hall–Kier alpha value is -0.980. The summed E-state index contributed by atoms with van der Waals surface area (Å²) in [5.41, 5.74) is 6.72. The van der Waals surface area contributed by atoms with Crippen LogP contribution in [0.5, 0.6) is 0 Å². The van der Waals surface area contributed by atoms with Crippen molar-refractivity contribution in [2.45, 2.75) is 31.7 Å². The van der Waals surface area contributed by atoms with E-state index in [0.717, 1.165) is 34.4 Å². The number of amides is 1. The van der Waals surface area contributed by atoms with Crippen LogP contribution in [-0.2, 0) is 11.2 Å². The lowest BCUT2D eigenvalue weighted by Gasteiger charge is -2.23. The Morgan fingerprint density at radius 2 is 2.38 bits per heavy atom. The van der Waals surface area contributed by atoms with Crippen molar-refractivity contribution in [2.24, 2.45) is 5.73 Å². The zero-order valence-electron chi connectivity index (χ0n) is 11.7. The number of hydrogen-bond acceptors (Lipinski definition) is 4. The van der Waals surface area contributed by atoms with Crippen molar-refractivity contribution < 1.29 is 4.79 Å². The van der Waals surface area contributed by atoms with E-state index in [0.29, 0.717) is 19.4 Å². The molecule has 0 saturated carbocycles. The normalized spacial score (nSPS) is 18.6. The van der Waals surface area contributed by atoms with Crippen LogP contribution in [0.2, 0.25) is 0 Å². The number of nitrogens with two attached hydrogens (primary N) is 1. The summed E-state index contributed by atoms with van der Waals surface area (Å²) < 4.78 is 2.20. The van der Waals surface area contributed by atoms with E-state index in [2.05, 4.69) is 27.0 Å². The van der Waals surface area contributed by atoms with Crippen molar-refractivity contribution in [3.05, 3.63) is 27.7 Å². The van der Waals surface area contributed by atoms with Crippen LogP contribution in [0.1, 0.15) is 24.3 Å². The predicted molar refractivity (Wildman–Crippen MR) is 89.4 cm³/mol. The number of carbonyl (C=O) groups is 1. The van der Waals surface area contributed by atoms with Crippen LogP contribution in [0.3, 0.4) is 0 Å². The zero-order chi connectivity index (χ0) is 14.8.